The first kappa shape index (κ1) is 63.4. The summed E-state index contributed by atoms with van der Waals surface area (Å²) in [5.41, 5.74) is 0. The van der Waals surface area contributed by atoms with Crippen molar-refractivity contribution < 1.29 is 39.8 Å². The first-order valence-electron chi connectivity index (χ1n) is 27.8. The zero-order valence-corrected chi connectivity index (χ0v) is 43.3. The minimum atomic E-state index is -1.57. The number of hydrogen-bond acceptors (Lipinski definition) is 8. The fourth-order valence-corrected chi connectivity index (χ4v) is 8.34. The first-order valence-corrected chi connectivity index (χ1v) is 27.8. The number of aliphatic hydroxyl groups excluding tert-OH is 5. The number of nitrogens with one attached hydrogen (secondary N) is 1. The normalized spacial score (nSPS) is 20.2. The second-order valence-electron chi connectivity index (χ2n) is 19.0. The third kappa shape index (κ3) is 37.2. The van der Waals surface area contributed by atoms with Crippen LogP contribution < -0.4 is 5.32 Å². The molecule has 0 aromatic heterocycles. The summed E-state index contributed by atoms with van der Waals surface area (Å²) in [5.74, 6) is -0.194. The van der Waals surface area contributed by atoms with Crippen molar-refractivity contribution in [2.45, 2.75) is 269 Å². The number of ether oxygens (including phenoxy) is 2. The summed E-state index contributed by atoms with van der Waals surface area (Å²) < 4.78 is 11.3. The Morgan fingerprint density at radius 3 is 1.35 bits per heavy atom. The van der Waals surface area contributed by atoms with Crippen LogP contribution >= 0.6 is 0 Å². The number of hydrogen-bond donors (Lipinski definition) is 6. The Hall–Kier alpha value is -2.63. The van der Waals surface area contributed by atoms with Gasteiger partial charge in [0, 0.05) is 6.42 Å². The van der Waals surface area contributed by atoms with Crippen molar-refractivity contribution in [1.29, 1.82) is 0 Å². The molecule has 68 heavy (non-hydrogen) atoms. The van der Waals surface area contributed by atoms with E-state index in [0.29, 0.717) is 6.42 Å². The molecule has 0 bridgehead atoms. The Labute approximate surface area is 416 Å². The van der Waals surface area contributed by atoms with Gasteiger partial charge in [0.05, 0.1) is 25.4 Å². The van der Waals surface area contributed by atoms with E-state index in [9.17, 15) is 30.3 Å². The molecule has 1 aliphatic heterocycles. The van der Waals surface area contributed by atoms with E-state index in [0.717, 1.165) is 103 Å². The zero-order valence-electron chi connectivity index (χ0n) is 43.3. The van der Waals surface area contributed by atoms with Crippen LogP contribution in [0, 0.1) is 0 Å². The van der Waals surface area contributed by atoms with Gasteiger partial charge < -0.3 is 40.3 Å². The van der Waals surface area contributed by atoms with Crippen LogP contribution in [-0.2, 0) is 14.3 Å². The van der Waals surface area contributed by atoms with E-state index >= 15 is 0 Å². The SMILES string of the molecule is CC/C=C\C/C=C\C/C=C\C/C=C\C/C=C\C/C=C\CCCCCCCCC(=O)NC(COC1OC(CO)C(O)C(O)C1O)C(O)/C=C/CCCCCCCCCCCCCCCCCCCC. The molecule has 0 spiro atoms. The zero-order chi connectivity index (χ0) is 49.4. The van der Waals surface area contributed by atoms with Gasteiger partial charge in [0.15, 0.2) is 6.29 Å². The van der Waals surface area contributed by atoms with Crippen LogP contribution in [0.25, 0.3) is 0 Å². The van der Waals surface area contributed by atoms with Crippen LogP contribution in [0.1, 0.15) is 226 Å². The molecule has 0 aromatic rings. The molecule has 1 heterocycles. The maximum atomic E-state index is 13.0. The molecule has 392 valence electrons. The second-order valence-corrected chi connectivity index (χ2v) is 19.0. The second kappa shape index (κ2) is 48.0. The summed E-state index contributed by atoms with van der Waals surface area (Å²) in [7, 11) is 0. The van der Waals surface area contributed by atoms with E-state index in [4.69, 9.17) is 9.47 Å². The van der Waals surface area contributed by atoms with Gasteiger partial charge in [0.2, 0.25) is 5.91 Å². The van der Waals surface area contributed by atoms with Crippen molar-refractivity contribution in [2.75, 3.05) is 13.2 Å². The van der Waals surface area contributed by atoms with Crippen LogP contribution in [0.5, 0.6) is 0 Å². The van der Waals surface area contributed by atoms with E-state index in [1.807, 2.05) is 6.08 Å². The van der Waals surface area contributed by atoms with E-state index in [2.05, 4.69) is 92.1 Å². The number of allylic oxidation sites excluding steroid dienone is 13. The summed E-state index contributed by atoms with van der Waals surface area (Å²) in [6, 6.07) is -0.819. The molecule has 9 nitrogen and oxygen atoms in total. The van der Waals surface area contributed by atoms with E-state index in [1.165, 1.54) is 103 Å². The lowest BCUT2D eigenvalue weighted by Gasteiger charge is -2.40. The maximum Gasteiger partial charge on any atom is 0.220 e. The summed E-state index contributed by atoms with van der Waals surface area (Å²) in [4.78, 5) is 13.0. The van der Waals surface area contributed by atoms with Gasteiger partial charge in [0.25, 0.3) is 0 Å². The van der Waals surface area contributed by atoms with Crippen molar-refractivity contribution in [3.63, 3.8) is 0 Å². The van der Waals surface area contributed by atoms with Gasteiger partial charge in [-0.1, -0.05) is 234 Å². The molecule has 0 aliphatic carbocycles. The van der Waals surface area contributed by atoms with Crippen LogP contribution in [0.2, 0.25) is 0 Å². The molecule has 7 atom stereocenters. The molecular formula is C59H103NO8. The first-order chi connectivity index (χ1) is 33.3. The minimum absolute atomic E-state index is 0.194. The molecule has 7 unspecified atom stereocenters. The molecule has 1 saturated heterocycles. The van der Waals surface area contributed by atoms with Crippen LogP contribution in [0.15, 0.2) is 85.1 Å². The molecule has 1 amide bonds. The minimum Gasteiger partial charge on any atom is -0.394 e. The molecule has 6 N–H and O–H groups in total. The molecule has 1 rings (SSSR count). The fourth-order valence-electron chi connectivity index (χ4n) is 8.34. The molecule has 9 heteroatoms. The summed E-state index contributed by atoms with van der Waals surface area (Å²) in [6.45, 7) is 3.66. The van der Waals surface area contributed by atoms with Gasteiger partial charge in [0.1, 0.15) is 24.4 Å². The summed E-state index contributed by atoms with van der Waals surface area (Å²) >= 11 is 0. The third-order valence-electron chi connectivity index (χ3n) is 12.7. The van der Waals surface area contributed by atoms with Crippen molar-refractivity contribution in [3.05, 3.63) is 85.1 Å². The molecule has 1 aliphatic rings. The molecule has 1 fully saturated rings. The van der Waals surface area contributed by atoms with Gasteiger partial charge in [-0.05, 0) is 70.6 Å². The Morgan fingerprint density at radius 1 is 0.515 bits per heavy atom. The van der Waals surface area contributed by atoms with Crippen molar-refractivity contribution in [2.24, 2.45) is 0 Å². The van der Waals surface area contributed by atoms with Crippen LogP contribution in [-0.4, -0.2) is 87.5 Å². The molecule has 0 saturated carbocycles. The Bertz CT molecular complexity index is 1340. The Morgan fingerprint density at radius 2 is 0.912 bits per heavy atom. The van der Waals surface area contributed by atoms with E-state index in [1.54, 1.807) is 6.08 Å². The van der Waals surface area contributed by atoms with Gasteiger partial charge in [-0.15, -0.1) is 0 Å². The average Bonchev–Trinajstić information content (AvgIpc) is 3.34. The number of rotatable bonds is 46. The highest BCUT2D eigenvalue weighted by Gasteiger charge is 2.44. The number of carbonyl (C=O) groups is 1. The van der Waals surface area contributed by atoms with Crippen LogP contribution in [0.4, 0.5) is 0 Å². The lowest BCUT2D eigenvalue weighted by Crippen LogP contribution is -2.60. The average molecular weight is 954 g/mol. The topological polar surface area (TPSA) is 149 Å². The van der Waals surface area contributed by atoms with Crippen LogP contribution in [0.3, 0.4) is 0 Å². The highest BCUT2D eigenvalue weighted by Crippen LogP contribution is 2.23. The predicted octanol–water partition coefficient (Wildman–Crippen LogP) is 13.5. The highest BCUT2D eigenvalue weighted by molar-refractivity contribution is 5.76. The smallest absolute Gasteiger partial charge is 0.220 e. The number of carbonyl (C=O) groups excluding carboxylic acids is 1. The monoisotopic (exact) mass is 954 g/mol. The lowest BCUT2D eigenvalue weighted by atomic mass is 9.99. The molecular weight excluding hydrogens is 851 g/mol. The number of aliphatic hydroxyl groups is 5. The standard InChI is InChI=1S/C59H103NO8/c1-3-5-7-9-11-13-15-17-19-21-23-25-26-27-28-29-31-33-35-37-39-41-43-45-47-49-55(63)60-52(51-67-59-58(66)57(65)56(64)54(50-61)68-59)53(62)48-46-44-42-40-38-36-34-32-30-24-22-20-18-16-14-12-10-8-6-4-2/h5,7,11,13,17,19,23,25,27-28,31,33,46,48,52-54,56-59,61-62,64-66H,3-4,6,8-10,12,14-16,18,20-22,24,26,29-30,32,34-45,47,49-51H2,1-2H3,(H,60,63)/b7-5-,13-11-,19-17-,25-23-,28-27-,33-31-,48-46+. The van der Waals surface area contributed by atoms with Gasteiger partial charge in [-0.3, -0.25) is 4.79 Å². The third-order valence-corrected chi connectivity index (χ3v) is 12.7. The Kier molecular flexibility index (Phi) is 44.8. The van der Waals surface area contributed by atoms with E-state index in [-0.39, 0.29) is 12.5 Å². The summed E-state index contributed by atoms with van der Waals surface area (Å²) in [5, 5.41) is 54.5. The van der Waals surface area contributed by atoms with E-state index < -0.39 is 49.5 Å². The van der Waals surface area contributed by atoms with Crippen molar-refractivity contribution in [1.82, 2.24) is 5.32 Å². The Balaban J connectivity index is 2.29. The molecule has 0 radical (unpaired) electrons. The van der Waals surface area contributed by atoms with Gasteiger partial charge in [-0.2, -0.15) is 0 Å². The summed E-state index contributed by atoms with van der Waals surface area (Å²) in [6.07, 6.45) is 60.6. The predicted molar refractivity (Wildman–Crippen MR) is 285 cm³/mol. The highest BCUT2D eigenvalue weighted by atomic mass is 16.7. The quantitative estimate of drug-likeness (QED) is 0.0261. The van der Waals surface area contributed by atoms with Gasteiger partial charge >= 0.3 is 0 Å². The van der Waals surface area contributed by atoms with Crippen molar-refractivity contribution in [3.8, 4) is 0 Å². The van der Waals surface area contributed by atoms with Crippen molar-refractivity contribution >= 4 is 5.91 Å². The lowest BCUT2D eigenvalue weighted by molar-refractivity contribution is -0.302. The maximum absolute atomic E-state index is 13.0. The number of unbranched alkanes of at least 4 members (excludes halogenated alkanes) is 24. The number of amides is 1. The molecule has 0 aromatic carbocycles. The fraction of sp³-hybridized carbons (Fsp3) is 0.746. The van der Waals surface area contributed by atoms with Gasteiger partial charge in [-0.25, -0.2) is 0 Å². The largest absolute Gasteiger partial charge is 0.394 e.